The van der Waals surface area contributed by atoms with Gasteiger partial charge in [0.1, 0.15) is 12.4 Å². The number of nitrogens with zero attached hydrogens (tertiary/aromatic N) is 3. The number of nitro benzene ring substituents is 1. The zero-order chi connectivity index (χ0) is 29.1. The molecule has 0 saturated heterocycles. The van der Waals surface area contributed by atoms with Crippen LogP contribution in [0.3, 0.4) is 0 Å². The zero-order valence-electron chi connectivity index (χ0n) is 22.1. The maximum Gasteiger partial charge on any atom is 0.338 e. The highest BCUT2D eigenvalue weighted by atomic mass is 35.5. The number of benzene rings is 3. The lowest BCUT2D eigenvalue weighted by atomic mass is 9.96. The van der Waals surface area contributed by atoms with Crippen LogP contribution in [-0.4, -0.2) is 22.1 Å². The summed E-state index contributed by atoms with van der Waals surface area (Å²) in [5.74, 6) is 0.00213. The third-order valence-electron chi connectivity index (χ3n) is 6.45. The topological polar surface area (TPSA) is 113 Å². The minimum atomic E-state index is -0.738. The second-order valence-electron chi connectivity index (χ2n) is 9.10. The summed E-state index contributed by atoms with van der Waals surface area (Å²) >= 11 is 7.33. The van der Waals surface area contributed by atoms with Crippen molar-refractivity contribution in [1.82, 2.24) is 4.57 Å². The highest BCUT2D eigenvalue weighted by molar-refractivity contribution is 7.07. The largest absolute Gasteiger partial charge is 0.488 e. The van der Waals surface area contributed by atoms with E-state index in [1.165, 1.54) is 28.0 Å². The van der Waals surface area contributed by atoms with E-state index in [4.69, 9.17) is 21.1 Å². The average Bonchev–Trinajstić information content (AvgIpc) is 3.26. The SMILES string of the molecule is CCOC(=O)C1=C(C)N=c2s/c(=C\c3ccccc3OCc3ccc([N+](=O)[O-])cc3)c(=O)n2[C@H]1c1ccc(Cl)cc1. The van der Waals surface area contributed by atoms with E-state index in [0.29, 0.717) is 42.5 Å². The lowest BCUT2D eigenvalue weighted by molar-refractivity contribution is -0.384. The van der Waals surface area contributed by atoms with E-state index in [2.05, 4.69) is 4.99 Å². The van der Waals surface area contributed by atoms with Crippen molar-refractivity contribution in [3.63, 3.8) is 0 Å². The Morgan fingerprint density at radius 3 is 2.51 bits per heavy atom. The molecule has 0 radical (unpaired) electrons. The van der Waals surface area contributed by atoms with Crippen molar-refractivity contribution in [3.05, 3.63) is 136 Å². The van der Waals surface area contributed by atoms with Crippen LogP contribution in [0.5, 0.6) is 5.75 Å². The van der Waals surface area contributed by atoms with Gasteiger partial charge in [-0.2, -0.15) is 0 Å². The fraction of sp³-hybridized carbons (Fsp3) is 0.167. The maximum atomic E-state index is 13.9. The average molecular weight is 590 g/mol. The summed E-state index contributed by atoms with van der Waals surface area (Å²) in [6, 6.07) is 19.6. The molecule has 1 aromatic heterocycles. The Morgan fingerprint density at radius 1 is 1.12 bits per heavy atom. The monoisotopic (exact) mass is 589 g/mol. The molecular weight excluding hydrogens is 566 g/mol. The minimum absolute atomic E-state index is 0.00257. The summed E-state index contributed by atoms with van der Waals surface area (Å²) in [6.07, 6.45) is 1.73. The molecule has 41 heavy (non-hydrogen) atoms. The fourth-order valence-corrected chi connectivity index (χ4v) is 5.66. The molecule has 208 valence electrons. The summed E-state index contributed by atoms with van der Waals surface area (Å²) in [7, 11) is 0. The number of hydrogen-bond donors (Lipinski definition) is 0. The quantitative estimate of drug-likeness (QED) is 0.163. The summed E-state index contributed by atoms with van der Waals surface area (Å²) in [6.45, 7) is 3.82. The molecule has 1 aliphatic rings. The van der Waals surface area contributed by atoms with Gasteiger partial charge in [0.05, 0.1) is 33.4 Å². The molecule has 1 aliphatic heterocycles. The summed E-state index contributed by atoms with van der Waals surface area (Å²) < 4.78 is 13.3. The standard InChI is InChI=1S/C30H24ClN3O6S/c1-3-39-29(36)26-18(2)32-30-33(27(26)20-10-12-22(31)13-11-20)28(35)25(41-30)16-21-6-4-5-7-24(21)40-17-19-8-14-23(15-9-19)34(37)38/h4-16,27H,3,17H2,1-2H3/b25-16-/t27-/m0/s1. The van der Waals surface area contributed by atoms with E-state index in [1.807, 2.05) is 18.2 Å². The second kappa shape index (κ2) is 11.9. The highest BCUT2D eigenvalue weighted by Gasteiger charge is 2.33. The second-order valence-corrected chi connectivity index (χ2v) is 10.5. The molecule has 0 N–H and O–H groups in total. The maximum absolute atomic E-state index is 13.9. The van der Waals surface area contributed by atoms with E-state index in [9.17, 15) is 19.7 Å². The zero-order valence-corrected chi connectivity index (χ0v) is 23.6. The van der Waals surface area contributed by atoms with Crippen LogP contribution in [0.4, 0.5) is 5.69 Å². The van der Waals surface area contributed by atoms with Crippen LogP contribution in [0.15, 0.2) is 93.9 Å². The Balaban J connectivity index is 1.55. The van der Waals surface area contributed by atoms with Gasteiger partial charge in [0.15, 0.2) is 4.80 Å². The third kappa shape index (κ3) is 5.84. The summed E-state index contributed by atoms with van der Waals surface area (Å²) in [5, 5.41) is 11.5. The Kier molecular flexibility index (Phi) is 8.14. The van der Waals surface area contributed by atoms with E-state index in [1.54, 1.807) is 62.4 Å². The van der Waals surface area contributed by atoms with Crippen LogP contribution >= 0.6 is 22.9 Å². The smallest absolute Gasteiger partial charge is 0.338 e. The van der Waals surface area contributed by atoms with Gasteiger partial charge in [-0.3, -0.25) is 19.5 Å². The number of ether oxygens (including phenoxy) is 2. The molecule has 0 unspecified atom stereocenters. The number of aromatic nitrogens is 1. The van der Waals surface area contributed by atoms with Crippen molar-refractivity contribution in [2.24, 2.45) is 4.99 Å². The first-order valence-corrected chi connectivity index (χ1v) is 13.9. The van der Waals surface area contributed by atoms with Crippen LogP contribution in [0, 0.1) is 10.1 Å². The predicted molar refractivity (Wildman–Crippen MR) is 156 cm³/mol. The van der Waals surface area contributed by atoms with E-state index < -0.39 is 16.9 Å². The Hall–Kier alpha value is -4.54. The minimum Gasteiger partial charge on any atom is -0.488 e. The molecule has 0 aliphatic carbocycles. The molecule has 0 amide bonds. The van der Waals surface area contributed by atoms with Crippen molar-refractivity contribution in [2.45, 2.75) is 26.5 Å². The molecule has 0 saturated carbocycles. The number of carbonyl (C=O) groups is 1. The normalized spacial score (nSPS) is 14.8. The number of thiazole rings is 1. The van der Waals surface area contributed by atoms with E-state index >= 15 is 0 Å². The molecule has 2 heterocycles. The van der Waals surface area contributed by atoms with Gasteiger partial charge in [0.25, 0.3) is 11.2 Å². The van der Waals surface area contributed by atoms with Crippen LogP contribution < -0.4 is 19.6 Å². The molecule has 0 fully saturated rings. The molecule has 11 heteroatoms. The number of rotatable bonds is 8. The van der Waals surface area contributed by atoms with Gasteiger partial charge in [0, 0.05) is 22.7 Å². The predicted octanol–water partition coefficient (Wildman–Crippen LogP) is 4.94. The summed E-state index contributed by atoms with van der Waals surface area (Å²) in [5.41, 5.74) is 2.59. The first kappa shape index (κ1) is 28.0. The van der Waals surface area contributed by atoms with E-state index in [0.717, 1.165) is 5.56 Å². The molecular formula is C30H24ClN3O6S. The van der Waals surface area contributed by atoms with Gasteiger partial charge in [-0.25, -0.2) is 9.79 Å². The van der Waals surface area contributed by atoms with Crippen LogP contribution in [0.2, 0.25) is 5.02 Å². The van der Waals surface area contributed by atoms with Gasteiger partial charge in [-0.05, 0) is 61.4 Å². The number of hydrogen-bond acceptors (Lipinski definition) is 8. The number of nitro groups is 1. The van der Waals surface area contributed by atoms with Crippen LogP contribution in [0.1, 0.15) is 36.6 Å². The first-order valence-electron chi connectivity index (χ1n) is 12.7. The Bertz CT molecular complexity index is 1840. The van der Waals surface area contributed by atoms with Crippen molar-refractivity contribution >= 4 is 40.7 Å². The lowest BCUT2D eigenvalue weighted by Gasteiger charge is -2.24. The van der Waals surface area contributed by atoms with Crippen molar-refractivity contribution < 1.29 is 19.2 Å². The molecule has 5 rings (SSSR count). The van der Waals surface area contributed by atoms with Crippen LogP contribution in [-0.2, 0) is 16.1 Å². The number of para-hydroxylation sites is 1. The lowest BCUT2D eigenvalue weighted by Crippen LogP contribution is -2.39. The van der Waals surface area contributed by atoms with Gasteiger partial charge in [0.2, 0.25) is 0 Å². The molecule has 0 spiro atoms. The van der Waals surface area contributed by atoms with Crippen molar-refractivity contribution in [1.29, 1.82) is 0 Å². The number of esters is 1. The number of non-ortho nitro benzene ring substituents is 1. The number of allylic oxidation sites excluding steroid dienone is 1. The van der Waals surface area contributed by atoms with Crippen LogP contribution in [0.25, 0.3) is 6.08 Å². The fourth-order valence-electron chi connectivity index (χ4n) is 4.50. The molecule has 3 aromatic carbocycles. The number of carbonyl (C=O) groups excluding carboxylic acids is 1. The molecule has 4 aromatic rings. The molecule has 9 nitrogen and oxygen atoms in total. The van der Waals surface area contributed by atoms with Crippen molar-refractivity contribution in [2.75, 3.05) is 6.61 Å². The Morgan fingerprint density at radius 2 is 1.83 bits per heavy atom. The van der Waals surface area contributed by atoms with Crippen molar-refractivity contribution in [3.8, 4) is 5.75 Å². The Labute approximate surface area is 243 Å². The van der Waals surface area contributed by atoms with Gasteiger partial charge >= 0.3 is 5.97 Å². The third-order valence-corrected chi connectivity index (χ3v) is 7.68. The molecule has 0 bridgehead atoms. The van der Waals surface area contributed by atoms with Gasteiger partial charge in [-0.1, -0.05) is 53.3 Å². The van der Waals surface area contributed by atoms with Gasteiger partial charge < -0.3 is 9.47 Å². The van der Waals surface area contributed by atoms with E-state index in [-0.39, 0.29) is 24.5 Å². The molecule has 1 atom stereocenters. The number of halogens is 1. The number of fused-ring (bicyclic) bond motifs is 1. The van der Waals surface area contributed by atoms with Gasteiger partial charge in [-0.15, -0.1) is 0 Å². The first-order chi connectivity index (χ1) is 19.8. The summed E-state index contributed by atoms with van der Waals surface area (Å²) in [4.78, 5) is 42.4. The highest BCUT2D eigenvalue weighted by Crippen LogP contribution is 2.31.